The summed E-state index contributed by atoms with van der Waals surface area (Å²) in [6.45, 7) is 7.89. The number of thiazole rings is 1. The van der Waals surface area contributed by atoms with Gasteiger partial charge in [0, 0.05) is 44.5 Å². The molecule has 1 aromatic carbocycles. The minimum atomic E-state index is -0.273. The van der Waals surface area contributed by atoms with E-state index < -0.39 is 0 Å². The summed E-state index contributed by atoms with van der Waals surface area (Å²) >= 11 is 7.49. The average Bonchev–Trinajstić information content (AvgIpc) is 3.28. The molecule has 0 unspecified atom stereocenters. The average molecular weight is 502 g/mol. The quantitative estimate of drug-likeness (QED) is 0.396. The van der Waals surface area contributed by atoms with Crippen LogP contribution in [0.2, 0.25) is 5.02 Å². The molecule has 0 saturated carbocycles. The molecule has 34 heavy (non-hydrogen) atoms. The summed E-state index contributed by atoms with van der Waals surface area (Å²) < 4.78 is 1.90. The smallest absolute Gasteiger partial charge is 0.267 e. The van der Waals surface area contributed by atoms with Crippen molar-refractivity contribution in [2.24, 2.45) is 0 Å². The molecule has 3 aromatic rings. The predicted octanol–water partition coefficient (Wildman–Crippen LogP) is 2.94. The molecule has 1 amide bonds. The number of carbonyl (C=O) groups excluding carboxylic acids is 1. The number of nitrogens with zero attached hydrogens (tertiary/aromatic N) is 4. The minimum absolute atomic E-state index is 0.152. The molecule has 1 fully saturated rings. The van der Waals surface area contributed by atoms with Gasteiger partial charge in [-0.3, -0.25) is 15.1 Å². The number of aliphatic hydroxyl groups is 1. The van der Waals surface area contributed by atoms with Crippen LogP contribution in [0.25, 0.3) is 0 Å². The zero-order chi connectivity index (χ0) is 24.2. The number of para-hydroxylation sites is 1. The van der Waals surface area contributed by atoms with E-state index in [2.05, 4.69) is 25.5 Å². The van der Waals surface area contributed by atoms with Gasteiger partial charge in [-0.25, -0.2) is 9.66 Å². The Morgan fingerprint density at radius 3 is 2.71 bits per heavy atom. The fourth-order valence-electron chi connectivity index (χ4n) is 3.93. The van der Waals surface area contributed by atoms with Gasteiger partial charge in [-0.1, -0.05) is 35.1 Å². The molecule has 2 aromatic heterocycles. The molecule has 0 atom stereocenters. The molecular formula is C23H28ClN7O2S. The third kappa shape index (κ3) is 5.41. The van der Waals surface area contributed by atoms with Crippen molar-refractivity contribution < 1.29 is 9.90 Å². The van der Waals surface area contributed by atoms with Crippen LogP contribution >= 0.6 is 22.9 Å². The van der Waals surface area contributed by atoms with E-state index in [1.807, 2.05) is 36.7 Å². The molecule has 0 aliphatic carbocycles. The van der Waals surface area contributed by atoms with Crippen LogP contribution < -0.4 is 21.0 Å². The van der Waals surface area contributed by atoms with E-state index >= 15 is 0 Å². The number of benzene rings is 1. The highest BCUT2D eigenvalue weighted by atomic mass is 35.5. The second-order valence-corrected chi connectivity index (χ2v) is 9.60. The van der Waals surface area contributed by atoms with Crippen LogP contribution in [0.3, 0.4) is 0 Å². The van der Waals surface area contributed by atoms with E-state index in [1.54, 1.807) is 12.1 Å². The van der Waals surface area contributed by atoms with E-state index in [1.165, 1.54) is 17.5 Å². The SMILES string of the molecule is Cc1cccc(Cl)c1NC(=O)c1cnc(Nn2c(C)cc(=N)cc2N2CCN(CCO)CC2)s1. The molecular weight excluding hydrogens is 474 g/mol. The Hall–Kier alpha value is -2.92. The number of halogens is 1. The third-order valence-electron chi connectivity index (χ3n) is 5.74. The van der Waals surface area contributed by atoms with E-state index in [9.17, 15) is 9.90 Å². The molecule has 0 bridgehead atoms. The van der Waals surface area contributed by atoms with Crippen molar-refractivity contribution >= 4 is 45.5 Å². The first kappa shape index (κ1) is 24.2. The highest BCUT2D eigenvalue weighted by Gasteiger charge is 2.21. The number of pyridine rings is 1. The summed E-state index contributed by atoms with van der Waals surface area (Å²) in [4.78, 5) is 22.1. The van der Waals surface area contributed by atoms with Crippen LogP contribution in [-0.4, -0.2) is 64.9 Å². The molecule has 11 heteroatoms. The first-order valence-electron chi connectivity index (χ1n) is 11.0. The van der Waals surface area contributed by atoms with Gasteiger partial charge in [0.05, 0.1) is 28.9 Å². The number of aryl methyl sites for hydroxylation is 2. The summed E-state index contributed by atoms with van der Waals surface area (Å²) in [5.41, 5.74) is 5.63. The fourth-order valence-corrected chi connectivity index (χ4v) is 4.90. The van der Waals surface area contributed by atoms with E-state index in [4.69, 9.17) is 17.0 Å². The van der Waals surface area contributed by atoms with Gasteiger partial charge >= 0.3 is 0 Å². The van der Waals surface area contributed by atoms with Crippen molar-refractivity contribution in [3.63, 3.8) is 0 Å². The number of rotatable bonds is 7. The summed E-state index contributed by atoms with van der Waals surface area (Å²) in [7, 11) is 0. The molecule has 0 spiro atoms. The number of aliphatic hydroxyl groups excluding tert-OH is 1. The number of hydrogen-bond donors (Lipinski definition) is 4. The molecule has 4 rings (SSSR count). The topological polar surface area (TPSA) is 110 Å². The lowest BCUT2D eigenvalue weighted by atomic mass is 10.2. The van der Waals surface area contributed by atoms with Gasteiger partial charge in [-0.15, -0.1) is 0 Å². The number of β-amino-alcohol motifs (C(OH)–C–C–N with tert-alkyl or cyclic N) is 1. The molecule has 1 saturated heterocycles. The largest absolute Gasteiger partial charge is 0.395 e. The van der Waals surface area contributed by atoms with Crippen LogP contribution in [0, 0.1) is 19.3 Å². The van der Waals surface area contributed by atoms with Crippen LogP contribution in [-0.2, 0) is 0 Å². The Balaban J connectivity index is 1.52. The Morgan fingerprint density at radius 2 is 2.00 bits per heavy atom. The number of amides is 1. The number of piperazine rings is 1. The summed E-state index contributed by atoms with van der Waals surface area (Å²) in [6.07, 6.45) is 1.54. The summed E-state index contributed by atoms with van der Waals surface area (Å²) in [5.74, 6) is 0.590. The van der Waals surface area contributed by atoms with Gasteiger partial charge in [0.25, 0.3) is 5.91 Å². The number of nitrogens with one attached hydrogen (secondary N) is 3. The number of anilines is 3. The van der Waals surface area contributed by atoms with Crippen molar-refractivity contribution in [2.75, 3.05) is 55.0 Å². The Kier molecular flexibility index (Phi) is 7.52. The molecule has 9 nitrogen and oxygen atoms in total. The van der Waals surface area contributed by atoms with Crippen molar-refractivity contribution in [1.29, 1.82) is 5.41 Å². The molecule has 3 heterocycles. The van der Waals surface area contributed by atoms with Crippen LogP contribution in [0.4, 0.5) is 16.6 Å². The second-order valence-electron chi connectivity index (χ2n) is 8.16. The Labute approximate surface area is 207 Å². The van der Waals surface area contributed by atoms with Crippen molar-refractivity contribution in [3.05, 3.63) is 63.0 Å². The zero-order valence-corrected chi connectivity index (χ0v) is 20.7. The third-order valence-corrected chi connectivity index (χ3v) is 6.96. The van der Waals surface area contributed by atoms with Gasteiger partial charge in [0.2, 0.25) is 5.13 Å². The molecule has 1 aliphatic heterocycles. The number of hydrogen-bond acceptors (Lipinski definition) is 8. The van der Waals surface area contributed by atoms with E-state index in [0.717, 1.165) is 43.3 Å². The normalized spacial score (nSPS) is 14.3. The highest BCUT2D eigenvalue weighted by molar-refractivity contribution is 7.17. The maximum Gasteiger partial charge on any atom is 0.267 e. The highest BCUT2D eigenvalue weighted by Crippen LogP contribution is 2.27. The van der Waals surface area contributed by atoms with Gasteiger partial charge in [0.1, 0.15) is 10.7 Å². The van der Waals surface area contributed by atoms with Gasteiger partial charge < -0.3 is 20.7 Å². The maximum atomic E-state index is 12.8. The summed E-state index contributed by atoms with van der Waals surface area (Å²) in [6, 6.07) is 9.07. The molecule has 4 N–H and O–H groups in total. The number of aromatic nitrogens is 2. The Morgan fingerprint density at radius 1 is 1.24 bits per heavy atom. The second kappa shape index (κ2) is 10.6. The first-order valence-corrected chi connectivity index (χ1v) is 12.2. The summed E-state index contributed by atoms with van der Waals surface area (Å²) in [5, 5.41) is 21.7. The lowest BCUT2D eigenvalue weighted by molar-refractivity contribution is 0.103. The number of carbonyl (C=O) groups is 1. The maximum absolute atomic E-state index is 12.8. The van der Waals surface area contributed by atoms with Gasteiger partial charge in [-0.05, 0) is 31.5 Å². The Bertz CT molecular complexity index is 1210. The van der Waals surface area contributed by atoms with Gasteiger partial charge in [-0.2, -0.15) is 0 Å². The predicted molar refractivity (Wildman–Crippen MR) is 136 cm³/mol. The lowest BCUT2D eigenvalue weighted by Crippen LogP contribution is -2.48. The van der Waals surface area contributed by atoms with Crippen molar-refractivity contribution in [2.45, 2.75) is 13.8 Å². The van der Waals surface area contributed by atoms with Crippen molar-refractivity contribution in [3.8, 4) is 0 Å². The standard InChI is InChI=1S/C23H28ClN7O2S/c1-15-4-3-5-18(24)21(15)27-22(33)19-14-26-23(34-19)28-31-16(2)12-17(25)13-20(31)30-8-6-29(7-9-30)10-11-32/h3-5,12-14,25,32H,6-11H2,1-2H3,(H,26,28)(H,27,33). The first-order chi connectivity index (χ1) is 16.4. The zero-order valence-electron chi connectivity index (χ0n) is 19.1. The molecule has 0 radical (unpaired) electrons. The monoisotopic (exact) mass is 501 g/mol. The lowest BCUT2D eigenvalue weighted by Gasteiger charge is -2.37. The van der Waals surface area contributed by atoms with Crippen LogP contribution in [0.5, 0.6) is 0 Å². The van der Waals surface area contributed by atoms with Gasteiger partial charge in [0.15, 0.2) is 0 Å². The van der Waals surface area contributed by atoms with Crippen molar-refractivity contribution in [1.82, 2.24) is 14.6 Å². The minimum Gasteiger partial charge on any atom is -0.395 e. The van der Waals surface area contributed by atoms with E-state index in [-0.39, 0.29) is 12.5 Å². The van der Waals surface area contributed by atoms with Crippen LogP contribution in [0.15, 0.2) is 36.5 Å². The fraction of sp³-hybridized carbons (Fsp3) is 0.348. The van der Waals surface area contributed by atoms with E-state index in [0.29, 0.717) is 32.6 Å². The molecule has 180 valence electrons. The molecule has 1 aliphatic rings. The van der Waals surface area contributed by atoms with Crippen LogP contribution in [0.1, 0.15) is 20.9 Å².